The van der Waals surface area contributed by atoms with E-state index in [2.05, 4.69) is 13.8 Å². The molecular formula is C22H46O3S. The second kappa shape index (κ2) is 21.4. The van der Waals surface area contributed by atoms with E-state index in [-0.39, 0.29) is 6.10 Å². The summed E-state index contributed by atoms with van der Waals surface area (Å²) >= 11 is -1.57. The van der Waals surface area contributed by atoms with Crippen molar-refractivity contribution in [2.75, 3.05) is 6.61 Å². The van der Waals surface area contributed by atoms with Gasteiger partial charge in [-0.25, -0.2) is 0 Å². The van der Waals surface area contributed by atoms with Gasteiger partial charge >= 0.3 is 11.4 Å². The smallest absolute Gasteiger partial charge is 0.268 e. The molecule has 0 aromatic rings. The van der Waals surface area contributed by atoms with Crippen molar-refractivity contribution >= 4 is 11.4 Å². The van der Waals surface area contributed by atoms with Gasteiger partial charge in [-0.1, -0.05) is 110 Å². The Morgan fingerprint density at radius 1 is 0.654 bits per heavy atom. The highest BCUT2D eigenvalue weighted by Gasteiger charge is 2.07. The highest BCUT2D eigenvalue weighted by Crippen LogP contribution is 2.13. The molecule has 0 aromatic carbocycles. The van der Waals surface area contributed by atoms with Gasteiger partial charge in [-0.3, -0.25) is 8.37 Å². The van der Waals surface area contributed by atoms with Crippen molar-refractivity contribution in [2.45, 2.75) is 136 Å². The quantitative estimate of drug-likeness (QED) is 0.189. The van der Waals surface area contributed by atoms with Crippen LogP contribution in [0.5, 0.6) is 0 Å². The third kappa shape index (κ3) is 20.4. The van der Waals surface area contributed by atoms with E-state index in [1.165, 1.54) is 89.9 Å². The fraction of sp³-hybridized carbons (Fsp3) is 1.00. The summed E-state index contributed by atoms with van der Waals surface area (Å²) in [5.74, 6) is 0. The van der Waals surface area contributed by atoms with Gasteiger partial charge in [-0.05, 0) is 19.8 Å². The maximum absolute atomic E-state index is 11.5. The minimum absolute atomic E-state index is 0.0156. The minimum Gasteiger partial charge on any atom is -0.268 e. The minimum atomic E-state index is -1.57. The molecule has 0 aliphatic rings. The molecule has 0 N–H and O–H groups in total. The Labute approximate surface area is 166 Å². The zero-order chi connectivity index (χ0) is 19.3. The Kier molecular flexibility index (Phi) is 21.4. The zero-order valence-corrected chi connectivity index (χ0v) is 18.8. The molecule has 0 saturated carbocycles. The van der Waals surface area contributed by atoms with Crippen molar-refractivity contribution in [3.8, 4) is 0 Å². The van der Waals surface area contributed by atoms with Crippen LogP contribution in [0.3, 0.4) is 0 Å². The topological polar surface area (TPSA) is 35.5 Å². The first-order valence-corrected chi connectivity index (χ1v) is 12.4. The van der Waals surface area contributed by atoms with Gasteiger partial charge in [0.05, 0.1) is 12.7 Å². The summed E-state index contributed by atoms with van der Waals surface area (Å²) in [7, 11) is 0. The van der Waals surface area contributed by atoms with E-state index >= 15 is 0 Å². The van der Waals surface area contributed by atoms with Gasteiger partial charge in [-0.15, -0.1) is 0 Å². The number of hydrogen-bond donors (Lipinski definition) is 0. The molecule has 4 heteroatoms. The van der Waals surface area contributed by atoms with Crippen LogP contribution in [0.25, 0.3) is 0 Å². The van der Waals surface area contributed by atoms with Crippen molar-refractivity contribution in [3.63, 3.8) is 0 Å². The molecule has 0 saturated heterocycles. The summed E-state index contributed by atoms with van der Waals surface area (Å²) in [5, 5.41) is 0. The van der Waals surface area contributed by atoms with E-state index in [9.17, 15) is 4.21 Å². The third-order valence-corrected chi connectivity index (χ3v) is 5.71. The molecule has 158 valence electrons. The highest BCUT2D eigenvalue weighted by molar-refractivity contribution is 7.75. The van der Waals surface area contributed by atoms with Gasteiger partial charge in [0.15, 0.2) is 0 Å². The first kappa shape index (κ1) is 26.1. The Morgan fingerprint density at radius 3 is 1.50 bits per heavy atom. The van der Waals surface area contributed by atoms with Crippen LogP contribution in [0.15, 0.2) is 0 Å². The van der Waals surface area contributed by atoms with Crippen LogP contribution in [0.1, 0.15) is 130 Å². The number of rotatable bonds is 21. The molecule has 2 unspecified atom stereocenters. The average molecular weight is 391 g/mol. The van der Waals surface area contributed by atoms with Crippen molar-refractivity contribution in [2.24, 2.45) is 0 Å². The Morgan fingerprint density at radius 2 is 1.08 bits per heavy atom. The van der Waals surface area contributed by atoms with Crippen LogP contribution >= 0.6 is 0 Å². The molecule has 2 atom stereocenters. The predicted molar refractivity (Wildman–Crippen MR) is 114 cm³/mol. The summed E-state index contributed by atoms with van der Waals surface area (Å²) in [5.41, 5.74) is 0. The Bertz CT molecular complexity index is 297. The first-order chi connectivity index (χ1) is 12.7. The lowest BCUT2D eigenvalue weighted by molar-refractivity contribution is 0.185. The van der Waals surface area contributed by atoms with Gasteiger partial charge in [0.1, 0.15) is 0 Å². The molecule has 0 bridgehead atoms. The van der Waals surface area contributed by atoms with Gasteiger partial charge in [0.25, 0.3) is 0 Å². The lowest BCUT2D eigenvalue weighted by atomic mass is 10.0. The molecular weight excluding hydrogens is 344 g/mol. The fourth-order valence-electron chi connectivity index (χ4n) is 3.22. The van der Waals surface area contributed by atoms with E-state index in [1.807, 2.05) is 6.92 Å². The molecule has 0 aliphatic carbocycles. The molecule has 0 fully saturated rings. The van der Waals surface area contributed by atoms with Crippen LogP contribution in [-0.4, -0.2) is 16.9 Å². The number of hydrogen-bond acceptors (Lipinski definition) is 3. The Balaban J connectivity index is 3.14. The van der Waals surface area contributed by atoms with Crippen LogP contribution < -0.4 is 0 Å². The van der Waals surface area contributed by atoms with Crippen molar-refractivity contribution in [1.29, 1.82) is 0 Å². The lowest BCUT2D eigenvalue weighted by Gasteiger charge is -2.10. The zero-order valence-electron chi connectivity index (χ0n) is 17.9. The molecule has 0 spiro atoms. The fourth-order valence-corrected chi connectivity index (χ4v) is 3.89. The normalized spacial score (nSPS) is 13.8. The van der Waals surface area contributed by atoms with Gasteiger partial charge in [0, 0.05) is 0 Å². The largest absolute Gasteiger partial charge is 0.304 e. The maximum atomic E-state index is 11.5. The van der Waals surface area contributed by atoms with Crippen LogP contribution in [-0.2, 0) is 19.7 Å². The van der Waals surface area contributed by atoms with E-state index in [0.29, 0.717) is 6.61 Å². The maximum Gasteiger partial charge on any atom is 0.304 e. The van der Waals surface area contributed by atoms with E-state index in [4.69, 9.17) is 8.37 Å². The summed E-state index contributed by atoms with van der Waals surface area (Å²) in [4.78, 5) is 0. The molecule has 0 amide bonds. The van der Waals surface area contributed by atoms with Crippen LogP contribution in [0.4, 0.5) is 0 Å². The SMILES string of the molecule is CCCCCCCCCCCCCCCCCOS(=O)OC(C)CCC. The van der Waals surface area contributed by atoms with Crippen molar-refractivity contribution < 1.29 is 12.6 Å². The van der Waals surface area contributed by atoms with Gasteiger partial charge in [-0.2, -0.15) is 4.21 Å². The van der Waals surface area contributed by atoms with Crippen molar-refractivity contribution in [3.05, 3.63) is 0 Å². The standard InChI is InChI=1S/C22H46O3S/c1-4-6-7-8-9-10-11-12-13-14-15-16-17-18-19-21-24-26(23)25-22(3)20-5-2/h22H,4-21H2,1-3H3. The second-order valence-electron chi connectivity index (χ2n) is 7.67. The summed E-state index contributed by atoms with van der Waals surface area (Å²) < 4.78 is 22.0. The first-order valence-electron chi connectivity index (χ1n) is 11.4. The summed E-state index contributed by atoms with van der Waals surface area (Å²) in [6, 6.07) is 0. The van der Waals surface area contributed by atoms with E-state index in [0.717, 1.165) is 19.3 Å². The summed E-state index contributed by atoms with van der Waals surface area (Å²) in [6.45, 7) is 6.86. The molecule has 3 nitrogen and oxygen atoms in total. The Hall–Kier alpha value is 0.0700. The predicted octanol–water partition coefficient (Wildman–Crippen LogP) is 7.66. The van der Waals surface area contributed by atoms with Gasteiger partial charge in [0.2, 0.25) is 0 Å². The third-order valence-electron chi connectivity index (χ3n) is 4.87. The van der Waals surface area contributed by atoms with E-state index in [1.54, 1.807) is 0 Å². The molecule has 0 rings (SSSR count). The highest BCUT2D eigenvalue weighted by atomic mass is 32.2. The van der Waals surface area contributed by atoms with E-state index < -0.39 is 11.4 Å². The summed E-state index contributed by atoms with van der Waals surface area (Å²) in [6.07, 6.45) is 22.2. The number of unbranched alkanes of at least 4 members (excludes halogenated alkanes) is 14. The van der Waals surface area contributed by atoms with Crippen LogP contribution in [0, 0.1) is 0 Å². The monoisotopic (exact) mass is 390 g/mol. The van der Waals surface area contributed by atoms with Crippen molar-refractivity contribution in [1.82, 2.24) is 0 Å². The van der Waals surface area contributed by atoms with Crippen LogP contribution in [0.2, 0.25) is 0 Å². The molecule has 0 aliphatic heterocycles. The second-order valence-corrected chi connectivity index (χ2v) is 8.51. The lowest BCUT2D eigenvalue weighted by Crippen LogP contribution is -2.12. The average Bonchev–Trinajstić information content (AvgIpc) is 2.61. The molecule has 0 radical (unpaired) electrons. The molecule has 0 heterocycles. The van der Waals surface area contributed by atoms with Gasteiger partial charge < -0.3 is 0 Å². The molecule has 0 aromatic heterocycles. The molecule has 26 heavy (non-hydrogen) atoms.